The molecule has 2 heterocycles. The maximum atomic E-state index is 13.0. The average Bonchev–Trinajstić information content (AvgIpc) is 3.35. The van der Waals surface area contributed by atoms with E-state index >= 15 is 0 Å². The largest absolute Gasteiger partial charge is 0.467 e. The van der Waals surface area contributed by atoms with Crippen molar-refractivity contribution in [3.05, 3.63) is 54.0 Å². The quantitative estimate of drug-likeness (QED) is 0.576. The van der Waals surface area contributed by atoms with Gasteiger partial charge in [0.05, 0.1) is 25.3 Å². The maximum Gasteiger partial charge on any atom is 0.322 e. The lowest BCUT2D eigenvalue weighted by Gasteiger charge is -2.31. The molecule has 1 aromatic heterocycles. The van der Waals surface area contributed by atoms with Crippen LogP contribution in [-0.4, -0.2) is 53.9 Å². The van der Waals surface area contributed by atoms with Crippen LogP contribution in [0.4, 0.5) is 10.5 Å². The van der Waals surface area contributed by atoms with Crippen LogP contribution in [0.3, 0.4) is 0 Å². The van der Waals surface area contributed by atoms with Crippen molar-refractivity contribution in [2.45, 2.75) is 46.1 Å². The van der Waals surface area contributed by atoms with Gasteiger partial charge in [0.25, 0.3) is 0 Å². The summed E-state index contributed by atoms with van der Waals surface area (Å²) in [7, 11) is 0. The SMILES string of the molecule is CCOC(=O)C1CCN(C(=O)CCN(Cc2ccco2)C(=O)Nc2ccc(CC)cc2)CC1. The number of amides is 3. The number of furan rings is 1. The van der Waals surface area contributed by atoms with Gasteiger partial charge in [-0.1, -0.05) is 19.1 Å². The van der Waals surface area contributed by atoms with Gasteiger partial charge in [0.2, 0.25) is 5.91 Å². The van der Waals surface area contributed by atoms with Crippen molar-refractivity contribution < 1.29 is 23.5 Å². The van der Waals surface area contributed by atoms with Crippen molar-refractivity contribution in [3.63, 3.8) is 0 Å². The number of anilines is 1. The summed E-state index contributed by atoms with van der Waals surface area (Å²) in [4.78, 5) is 41.0. The molecule has 0 bridgehead atoms. The van der Waals surface area contributed by atoms with Crippen LogP contribution in [0.5, 0.6) is 0 Å². The first-order chi connectivity index (χ1) is 16.0. The summed E-state index contributed by atoms with van der Waals surface area (Å²) in [5.74, 6) is 0.295. The zero-order valence-electron chi connectivity index (χ0n) is 19.4. The second-order valence-corrected chi connectivity index (χ2v) is 8.14. The Morgan fingerprint density at radius 3 is 2.45 bits per heavy atom. The highest BCUT2D eigenvalue weighted by Crippen LogP contribution is 2.20. The van der Waals surface area contributed by atoms with Crippen molar-refractivity contribution in [1.29, 1.82) is 0 Å². The van der Waals surface area contributed by atoms with Gasteiger partial charge in [-0.15, -0.1) is 0 Å². The van der Waals surface area contributed by atoms with Crippen LogP contribution in [0.15, 0.2) is 47.1 Å². The Morgan fingerprint density at radius 2 is 1.85 bits per heavy atom. The van der Waals surface area contributed by atoms with E-state index in [1.165, 1.54) is 5.56 Å². The molecule has 178 valence electrons. The van der Waals surface area contributed by atoms with Crippen molar-refractivity contribution in [1.82, 2.24) is 9.80 Å². The number of nitrogens with zero attached hydrogens (tertiary/aromatic N) is 2. The first-order valence-electron chi connectivity index (χ1n) is 11.6. The zero-order chi connectivity index (χ0) is 23.6. The van der Waals surface area contributed by atoms with Crippen molar-refractivity contribution in [3.8, 4) is 0 Å². The summed E-state index contributed by atoms with van der Waals surface area (Å²) in [6, 6.07) is 11.0. The third-order valence-corrected chi connectivity index (χ3v) is 5.89. The number of hydrogen-bond acceptors (Lipinski definition) is 5. The molecule has 8 nitrogen and oxygen atoms in total. The van der Waals surface area contributed by atoms with E-state index in [4.69, 9.17) is 9.15 Å². The minimum atomic E-state index is -0.288. The minimum absolute atomic E-state index is 0.0261. The topological polar surface area (TPSA) is 92.1 Å². The molecule has 1 aliphatic heterocycles. The smallest absolute Gasteiger partial charge is 0.322 e. The molecule has 1 saturated heterocycles. The number of rotatable bonds is 9. The lowest BCUT2D eigenvalue weighted by atomic mass is 9.97. The molecule has 0 aliphatic carbocycles. The fourth-order valence-corrected chi connectivity index (χ4v) is 3.88. The molecule has 1 N–H and O–H groups in total. The number of aryl methyl sites for hydroxylation is 1. The molecule has 33 heavy (non-hydrogen) atoms. The summed E-state index contributed by atoms with van der Waals surface area (Å²) < 4.78 is 10.5. The zero-order valence-corrected chi connectivity index (χ0v) is 19.4. The van der Waals surface area contributed by atoms with E-state index in [9.17, 15) is 14.4 Å². The second kappa shape index (κ2) is 12.1. The van der Waals surface area contributed by atoms with E-state index in [1.807, 2.05) is 24.3 Å². The summed E-state index contributed by atoms with van der Waals surface area (Å²) in [6.45, 7) is 5.82. The number of urea groups is 1. The van der Waals surface area contributed by atoms with Crippen LogP contribution in [0.25, 0.3) is 0 Å². The monoisotopic (exact) mass is 455 g/mol. The van der Waals surface area contributed by atoms with Crippen LogP contribution in [0.1, 0.15) is 44.4 Å². The lowest BCUT2D eigenvalue weighted by Crippen LogP contribution is -2.43. The third kappa shape index (κ3) is 7.10. The van der Waals surface area contributed by atoms with E-state index in [2.05, 4.69) is 12.2 Å². The molecule has 0 radical (unpaired) electrons. The number of carbonyl (C=O) groups excluding carboxylic acids is 3. The predicted molar refractivity (Wildman–Crippen MR) is 125 cm³/mol. The minimum Gasteiger partial charge on any atom is -0.467 e. The number of esters is 1. The Bertz CT molecular complexity index is 903. The Labute approximate surface area is 194 Å². The Hall–Kier alpha value is -3.29. The fraction of sp³-hybridized carbons (Fsp3) is 0.480. The number of nitrogens with one attached hydrogen (secondary N) is 1. The predicted octanol–water partition coefficient (Wildman–Crippen LogP) is 4.07. The molecule has 8 heteroatoms. The first kappa shape index (κ1) is 24.4. The Kier molecular flexibility index (Phi) is 8.92. The van der Waals surface area contributed by atoms with Gasteiger partial charge >= 0.3 is 12.0 Å². The van der Waals surface area contributed by atoms with Gasteiger partial charge in [-0.05, 0) is 56.0 Å². The highest BCUT2D eigenvalue weighted by atomic mass is 16.5. The molecule has 1 fully saturated rings. The number of piperidine rings is 1. The maximum absolute atomic E-state index is 13.0. The van der Waals surface area contributed by atoms with Crippen LogP contribution < -0.4 is 5.32 Å². The van der Waals surface area contributed by atoms with E-state index < -0.39 is 0 Å². The fourth-order valence-electron chi connectivity index (χ4n) is 3.88. The van der Waals surface area contributed by atoms with E-state index in [-0.39, 0.29) is 43.3 Å². The third-order valence-electron chi connectivity index (χ3n) is 5.89. The van der Waals surface area contributed by atoms with Gasteiger partial charge in [0.1, 0.15) is 5.76 Å². The van der Waals surface area contributed by atoms with Gasteiger partial charge in [0.15, 0.2) is 0 Å². The van der Waals surface area contributed by atoms with Gasteiger partial charge in [-0.3, -0.25) is 9.59 Å². The molecule has 3 rings (SSSR count). The molecule has 0 saturated carbocycles. The van der Waals surface area contributed by atoms with E-state index in [0.29, 0.717) is 44.0 Å². The van der Waals surface area contributed by atoms with Crippen molar-refractivity contribution in [2.75, 3.05) is 31.6 Å². The highest BCUT2D eigenvalue weighted by molar-refractivity contribution is 5.89. The second-order valence-electron chi connectivity index (χ2n) is 8.14. The lowest BCUT2D eigenvalue weighted by molar-refractivity contribution is -0.151. The van der Waals surface area contributed by atoms with Gasteiger partial charge < -0.3 is 24.3 Å². The normalized spacial score (nSPS) is 14.1. The van der Waals surface area contributed by atoms with Gasteiger partial charge in [-0.2, -0.15) is 0 Å². The molecule has 0 spiro atoms. The number of benzene rings is 1. The van der Waals surface area contributed by atoms with Crippen molar-refractivity contribution >= 4 is 23.6 Å². The van der Waals surface area contributed by atoms with Crippen LogP contribution >= 0.6 is 0 Å². The molecular formula is C25H33N3O5. The van der Waals surface area contributed by atoms with Gasteiger partial charge in [-0.25, -0.2) is 4.79 Å². The molecule has 1 aliphatic rings. The average molecular weight is 456 g/mol. The molecule has 2 aromatic rings. The highest BCUT2D eigenvalue weighted by Gasteiger charge is 2.28. The van der Waals surface area contributed by atoms with Crippen molar-refractivity contribution in [2.24, 2.45) is 5.92 Å². The van der Waals surface area contributed by atoms with E-state index in [1.54, 1.807) is 35.1 Å². The summed E-state index contributed by atoms with van der Waals surface area (Å²) in [5, 5.41) is 2.91. The van der Waals surface area contributed by atoms with E-state index in [0.717, 1.165) is 6.42 Å². The number of hydrogen-bond donors (Lipinski definition) is 1. The first-order valence-corrected chi connectivity index (χ1v) is 11.6. The standard InChI is InChI=1S/C25H33N3O5/c1-3-19-7-9-21(10-8-19)26-25(31)28(18-22-6-5-17-33-22)16-13-23(29)27-14-11-20(12-15-27)24(30)32-4-2/h5-10,17,20H,3-4,11-16,18H2,1-2H3,(H,26,31). The summed E-state index contributed by atoms with van der Waals surface area (Å²) >= 11 is 0. The number of likely N-dealkylation sites (tertiary alicyclic amines) is 1. The van der Waals surface area contributed by atoms with Crippen LogP contribution in [0, 0.1) is 5.92 Å². The molecular weight excluding hydrogens is 422 g/mol. The van der Waals surface area contributed by atoms with Gasteiger partial charge in [0, 0.05) is 31.7 Å². The number of ether oxygens (including phenoxy) is 1. The van der Waals surface area contributed by atoms with Crippen LogP contribution in [-0.2, 0) is 27.3 Å². The molecule has 0 atom stereocenters. The summed E-state index contributed by atoms with van der Waals surface area (Å²) in [5.41, 5.74) is 1.90. The Balaban J connectivity index is 1.55. The van der Waals surface area contributed by atoms with Crippen LogP contribution in [0.2, 0.25) is 0 Å². The number of carbonyl (C=O) groups is 3. The molecule has 0 unspecified atom stereocenters. The summed E-state index contributed by atoms with van der Waals surface area (Å²) in [6.07, 6.45) is 3.91. The molecule has 3 amide bonds. The molecule has 1 aromatic carbocycles. The Morgan fingerprint density at radius 1 is 1.12 bits per heavy atom.